The maximum Gasteiger partial charge on any atom is 0.609 e. The second-order valence-corrected chi connectivity index (χ2v) is 14.3. The van der Waals surface area contributed by atoms with Crippen LogP contribution in [0.4, 0.5) is 0 Å². The van der Waals surface area contributed by atoms with Gasteiger partial charge < -0.3 is 9.47 Å². The van der Waals surface area contributed by atoms with Crippen molar-refractivity contribution in [2.45, 2.75) is 40.5 Å². The molecule has 0 aliphatic rings. The van der Waals surface area contributed by atoms with Crippen LogP contribution in [0.25, 0.3) is 0 Å². The Morgan fingerprint density at radius 3 is 1.00 bits per heavy atom. The average molecular weight is 276 g/mol. The summed E-state index contributed by atoms with van der Waals surface area (Å²) < 4.78 is 16.2. The fourth-order valence-corrected chi connectivity index (χ4v) is 7.77. The summed E-state index contributed by atoms with van der Waals surface area (Å²) in [5.41, 5.74) is 0. The first-order valence-corrected chi connectivity index (χ1v) is 16.1. The lowest BCUT2D eigenvalue weighted by Crippen LogP contribution is -2.29. The molecule has 0 aromatic heterocycles. The van der Waals surface area contributed by atoms with Crippen LogP contribution in [0.3, 0.4) is 0 Å². The second kappa shape index (κ2) is 12.5. The van der Waals surface area contributed by atoms with Gasteiger partial charge in [0, 0.05) is 7.11 Å². The Labute approximate surface area is 114 Å². The van der Waals surface area contributed by atoms with Gasteiger partial charge in [-0.15, -0.1) is 0 Å². The van der Waals surface area contributed by atoms with Crippen LogP contribution in [-0.2, 0) is 9.47 Å². The molecule has 0 amide bonds. The third kappa shape index (κ3) is 21.8. The summed E-state index contributed by atoms with van der Waals surface area (Å²) in [6, 6.07) is 0. The van der Waals surface area contributed by atoms with Crippen LogP contribution < -0.4 is 0 Å². The molecular weight excluding hydrogens is 252 g/mol. The first-order valence-electron chi connectivity index (χ1n) is 5.63. The van der Waals surface area contributed by atoms with E-state index in [4.69, 9.17) is 9.47 Å². The van der Waals surface area contributed by atoms with Gasteiger partial charge in [-0.2, -0.15) is 0 Å². The van der Waals surface area contributed by atoms with Crippen LogP contribution in [0, 0.1) is 0 Å². The van der Waals surface area contributed by atoms with E-state index in [0.29, 0.717) is 0 Å². The summed E-state index contributed by atoms with van der Waals surface area (Å²) >= 11 is -3.50. The molecule has 0 aromatic carbocycles. The monoisotopic (exact) mass is 276 g/mol. The molecule has 0 atom stereocenters. The van der Waals surface area contributed by atoms with Gasteiger partial charge in [-0.3, -0.25) is 0 Å². The quantitative estimate of drug-likeness (QED) is 0.722. The topological polar surface area (TPSA) is 27.7 Å². The van der Waals surface area contributed by atoms with E-state index in [9.17, 15) is 0 Å². The fraction of sp³-hybridized carbons (Fsp3) is 1.00. The van der Waals surface area contributed by atoms with Crippen molar-refractivity contribution in [1.29, 1.82) is 0 Å². The average Bonchev–Trinajstić information content (AvgIpc) is 2.01. The zero-order chi connectivity index (χ0) is 12.4. The Balaban J connectivity index is 0. The fourth-order valence-electron chi connectivity index (χ4n) is 0.799. The molecule has 0 N–H and O–H groups in total. The first kappa shape index (κ1) is 19.4. The highest BCUT2D eigenvalue weighted by Crippen LogP contribution is 1.95. The highest BCUT2D eigenvalue weighted by molar-refractivity contribution is 6.66. The van der Waals surface area contributed by atoms with Gasteiger partial charge in [0.05, 0.1) is 0 Å². The Morgan fingerprint density at radius 2 is 0.867 bits per heavy atom. The molecule has 86 valence electrons. The summed E-state index contributed by atoms with van der Waals surface area (Å²) in [4.78, 5) is 0. The maximum atomic E-state index is 5.65. The Kier molecular flexibility index (Phi) is 16.1. The minimum atomic E-state index is -1.19. The van der Waals surface area contributed by atoms with Crippen LogP contribution in [0.2, 0.25) is 40.5 Å². The minimum absolute atomic E-state index is 0.650. The molecule has 0 aliphatic heterocycles. The molecule has 0 aromatic rings. The maximum absolute atomic E-state index is 5.65. The zero-order valence-corrected chi connectivity index (χ0v) is 16.2. The molecule has 0 unspecified atom stereocenters. The molecule has 0 spiro atoms. The van der Waals surface area contributed by atoms with Crippen LogP contribution in [0.5, 0.6) is 0 Å². The highest BCUT2D eigenvalue weighted by atomic mass is 27.3. The largest absolute Gasteiger partial charge is 0.616 e. The smallest absolute Gasteiger partial charge is 0.609 e. The molecule has 0 bridgehead atoms. The molecule has 0 aliphatic carbocycles. The summed E-state index contributed by atoms with van der Waals surface area (Å²) in [6.07, 6.45) is 0. The summed E-state index contributed by atoms with van der Waals surface area (Å²) in [7, 11) is 1.76. The molecular formula is C8H24Al4O3. The van der Waals surface area contributed by atoms with E-state index in [0.717, 1.165) is 0 Å². The van der Waals surface area contributed by atoms with Crippen molar-refractivity contribution in [2.24, 2.45) is 0 Å². The van der Waals surface area contributed by atoms with Crippen molar-refractivity contribution >= 4 is 58.3 Å². The van der Waals surface area contributed by atoms with Crippen molar-refractivity contribution in [3.63, 3.8) is 0 Å². The predicted molar refractivity (Wildman–Crippen MR) is 73.2 cm³/mol. The van der Waals surface area contributed by atoms with Crippen LogP contribution >= 0.6 is 0 Å². The van der Waals surface area contributed by atoms with Gasteiger partial charge in [0.1, 0.15) is 0 Å². The predicted octanol–water partition coefficient (Wildman–Crippen LogP) is 2.52. The van der Waals surface area contributed by atoms with Gasteiger partial charge in [-0.05, 0) is 0 Å². The number of hydrogen-bond donors (Lipinski definition) is 0. The molecule has 0 saturated heterocycles. The van der Waals surface area contributed by atoms with Crippen LogP contribution in [0.1, 0.15) is 0 Å². The van der Waals surface area contributed by atoms with E-state index in [1.807, 2.05) is 0 Å². The standard InChI is InChI=1S/CH3O.7CH3.4Al.2O/c1-2;;;;;;;;;;;;;/h1H3;7*1H3;;;;;;/q-1;;;;;;;;;;;+1;;. The van der Waals surface area contributed by atoms with Crippen molar-refractivity contribution in [3.05, 3.63) is 0 Å². The normalized spacial score (nSPS) is 8.80. The number of rotatable bonds is 5. The van der Waals surface area contributed by atoms with Gasteiger partial charge >= 0.3 is 58.3 Å². The zero-order valence-electron chi connectivity index (χ0n) is 11.5. The van der Waals surface area contributed by atoms with E-state index in [-0.39, 0.29) is 0 Å². The SMILES string of the molecule is C[O][Al]([CH3])[CH3].[CH3][Al]([CH3])[O][Al]([CH3])[O][Al]([CH3])[CH3]. The van der Waals surface area contributed by atoms with Crippen LogP contribution in [-0.4, -0.2) is 65.4 Å². The van der Waals surface area contributed by atoms with Gasteiger partial charge in [0.15, 0.2) is 0 Å². The van der Waals surface area contributed by atoms with Gasteiger partial charge in [0.25, 0.3) is 0 Å². The van der Waals surface area contributed by atoms with Crippen molar-refractivity contribution in [1.82, 2.24) is 0 Å². The van der Waals surface area contributed by atoms with Gasteiger partial charge in [-0.1, -0.05) is 40.5 Å². The molecule has 0 saturated carbocycles. The van der Waals surface area contributed by atoms with Crippen LogP contribution in [0.15, 0.2) is 0 Å². The van der Waals surface area contributed by atoms with E-state index in [1.165, 1.54) is 0 Å². The Hall–Kier alpha value is 2.01. The molecule has 0 rings (SSSR count). The Morgan fingerprint density at radius 1 is 0.600 bits per heavy atom. The minimum Gasteiger partial charge on any atom is -0.616 e. The van der Waals surface area contributed by atoms with Crippen molar-refractivity contribution < 1.29 is 9.47 Å². The summed E-state index contributed by atoms with van der Waals surface area (Å²) in [5.74, 6) is 15.2. The van der Waals surface area contributed by atoms with Gasteiger partial charge in [-0.25, -0.2) is 0 Å². The molecule has 3 nitrogen and oxygen atoms in total. The lowest BCUT2D eigenvalue weighted by atomic mass is 11.8. The van der Waals surface area contributed by atoms with Gasteiger partial charge in [0.2, 0.25) is 0 Å². The highest BCUT2D eigenvalue weighted by Gasteiger charge is 2.21. The Bertz CT molecular complexity index is 123. The lowest BCUT2D eigenvalue weighted by Gasteiger charge is -2.13. The van der Waals surface area contributed by atoms with Crippen molar-refractivity contribution in [3.8, 4) is 0 Å². The molecule has 7 heteroatoms. The van der Waals surface area contributed by atoms with E-state index < -0.39 is 58.3 Å². The number of hydrogen-bond acceptors (Lipinski definition) is 3. The van der Waals surface area contributed by atoms with Crippen molar-refractivity contribution in [2.75, 3.05) is 7.11 Å². The molecule has 0 radical (unpaired) electrons. The first-order chi connectivity index (χ1) is 6.79. The van der Waals surface area contributed by atoms with E-state index in [1.54, 1.807) is 7.11 Å². The molecule has 0 heterocycles. The third-order valence-electron chi connectivity index (χ3n) is 1.40. The molecule has 15 heavy (non-hydrogen) atoms. The third-order valence-corrected chi connectivity index (χ3v) is 9.76. The summed E-state index contributed by atoms with van der Waals surface area (Å²) in [5, 5.41) is 0. The molecule has 0 fully saturated rings. The lowest BCUT2D eigenvalue weighted by molar-refractivity contribution is 0.430. The summed E-state index contributed by atoms with van der Waals surface area (Å²) in [6.45, 7) is 0. The van der Waals surface area contributed by atoms with E-state index >= 15 is 0 Å². The second-order valence-electron chi connectivity index (χ2n) is 4.22. The van der Waals surface area contributed by atoms with E-state index in [2.05, 4.69) is 40.5 Å².